The lowest BCUT2D eigenvalue weighted by molar-refractivity contribution is -0.173. The topological polar surface area (TPSA) is 75.7 Å². The van der Waals surface area contributed by atoms with Crippen LogP contribution in [0.2, 0.25) is 0 Å². The first-order valence-corrected chi connectivity index (χ1v) is 8.89. The van der Waals surface area contributed by atoms with Gasteiger partial charge in [0.25, 0.3) is 5.91 Å². The fourth-order valence-corrected chi connectivity index (χ4v) is 4.01. The van der Waals surface area contributed by atoms with E-state index in [2.05, 4.69) is 5.32 Å². The number of esters is 1. The maximum atomic E-state index is 12.9. The third-order valence-corrected chi connectivity index (χ3v) is 5.49. The van der Waals surface area contributed by atoms with Crippen molar-refractivity contribution in [3.05, 3.63) is 35.6 Å². The number of benzene rings is 1. The van der Waals surface area contributed by atoms with Gasteiger partial charge in [0.15, 0.2) is 0 Å². The molecule has 1 N–H and O–H groups in total. The number of carbonyl (C=O) groups excluding carboxylic acids is 3. The van der Waals surface area contributed by atoms with Gasteiger partial charge in [-0.2, -0.15) is 0 Å². The lowest BCUT2D eigenvalue weighted by atomic mass is 9.70. The number of fused-ring (bicyclic) bond motifs is 3. The van der Waals surface area contributed by atoms with E-state index in [-0.39, 0.29) is 30.7 Å². The van der Waals surface area contributed by atoms with Crippen LogP contribution < -0.4 is 5.32 Å². The van der Waals surface area contributed by atoms with Gasteiger partial charge in [-0.3, -0.25) is 9.59 Å². The highest BCUT2D eigenvalue weighted by molar-refractivity contribution is 5.94. The summed E-state index contributed by atoms with van der Waals surface area (Å²) in [5, 5.41) is 2.66. The number of methoxy groups -OCH3 is 1. The molecule has 4 rings (SSSR count). The van der Waals surface area contributed by atoms with E-state index in [0.717, 1.165) is 12.8 Å². The molecule has 0 atom stereocenters. The van der Waals surface area contributed by atoms with Crippen LogP contribution in [0, 0.1) is 11.7 Å². The third kappa shape index (κ3) is 3.43. The van der Waals surface area contributed by atoms with Gasteiger partial charge in [-0.25, -0.2) is 9.18 Å². The van der Waals surface area contributed by atoms with Crippen LogP contribution in [0.5, 0.6) is 0 Å². The summed E-state index contributed by atoms with van der Waals surface area (Å²) in [6.45, 7) is 0.729. The van der Waals surface area contributed by atoms with E-state index < -0.39 is 11.4 Å². The number of nitrogens with zero attached hydrogens (tertiary/aromatic N) is 1. The van der Waals surface area contributed by atoms with E-state index in [1.54, 1.807) is 4.90 Å². The highest BCUT2D eigenvalue weighted by Crippen LogP contribution is 2.44. The Bertz CT molecular complexity index is 696. The number of carbonyl (C=O) groups is 3. The third-order valence-electron chi connectivity index (χ3n) is 5.49. The molecule has 1 aromatic carbocycles. The second kappa shape index (κ2) is 7.43. The molecule has 0 unspecified atom stereocenters. The van der Waals surface area contributed by atoms with Crippen molar-refractivity contribution in [3.8, 4) is 0 Å². The summed E-state index contributed by atoms with van der Waals surface area (Å²) in [5.74, 6) is -0.844. The Morgan fingerprint density at radius 3 is 2.50 bits per heavy atom. The van der Waals surface area contributed by atoms with E-state index in [1.165, 1.54) is 31.4 Å². The van der Waals surface area contributed by atoms with Crippen molar-refractivity contribution in [2.24, 2.45) is 5.92 Å². The van der Waals surface area contributed by atoms with Gasteiger partial charge in [0.2, 0.25) is 5.91 Å². The highest BCUT2D eigenvalue weighted by atomic mass is 19.1. The normalized spacial score (nSPS) is 24.2. The van der Waals surface area contributed by atoms with E-state index >= 15 is 0 Å². The Morgan fingerprint density at radius 1 is 1.23 bits per heavy atom. The minimum Gasteiger partial charge on any atom is -0.467 e. The molecule has 2 amide bonds. The lowest BCUT2D eigenvalue weighted by Crippen LogP contribution is -2.64. The van der Waals surface area contributed by atoms with Crippen molar-refractivity contribution in [2.45, 2.75) is 37.6 Å². The number of rotatable bonds is 5. The second-order valence-electron chi connectivity index (χ2n) is 6.98. The maximum absolute atomic E-state index is 12.9. The number of hydrogen-bond acceptors (Lipinski definition) is 4. The van der Waals surface area contributed by atoms with Gasteiger partial charge in [0.05, 0.1) is 7.11 Å². The number of piperidine rings is 2. The molecular formula is C19H23FN2O4. The largest absolute Gasteiger partial charge is 0.467 e. The summed E-state index contributed by atoms with van der Waals surface area (Å²) >= 11 is 0. The standard InChI is InChI=1S/C19H23FN2O4/c1-26-18(25)19-9-6-13(7-10-19)12-22(19)16(23)8-11-21-17(24)14-2-4-15(20)5-3-14/h2-5,13H,6-12H2,1H3,(H,21,24). The first-order valence-electron chi connectivity index (χ1n) is 8.89. The molecule has 0 radical (unpaired) electrons. The van der Waals surface area contributed by atoms with E-state index in [9.17, 15) is 18.8 Å². The van der Waals surface area contributed by atoms with Crippen LogP contribution in [0.1, 0.15) is 42.5 Å². The number of amides is 2. The van der Waals surface area contributed by atoms with Crippen LogP contribution in [0.15, 0.2) is 24.3 Å². The number of halogens is 1. The second-order valence-corrected chi connectivity index (χ2v) is 6.98. The van der Waals surface area contributed by atoms with E-state index in [1.807, 2.05) is 0 Å². The van der Waals surface area contributed by atoms with Crippen molar-refractivity contribution in [2.75, 3.05) is 20.2 Å². The van der Waals surface area contributed by atoms with Crippen molar-refractivity contribution < 1.29 is 23.5 Å². The first kappa shape index (κ1) is 18.4. The average molecular weight is 362 g/mol. The summed E-state index contributed by atoms with van der Waals surface area (Å²) in [6.07, 6.45) is 3.24. The Hall–Kier alpha value is -2.44. The van der Waals surface area contributed by atoms with Crippen LogP contribution in [-0.2, 0) is 14.3 Å². The molecule has 2 heterocycles. The van der Waals surface area contributed by atoms with Crippen molar-refractivity contribution in [3.63, 3.8) is 0 Å². The molecule has 1 aromatic rings. The summed E-state index contributed by atoms with van der Waals surface area (Å²) < 4.78 is 17.9. The Labute approximate surface area is 151 Å². The molecule has 3 fully saturated rings. The predicted molar refractivity (Wildman–Crippen MR) is 91.8 cm³/mol. The van der Waals surface area contributed by atoms with E-state index in [4.69, 9.17) is 4.74 Å². The maximum Gasteiger partial charge on any atom is 0.331 e. The molecule has 6 nitrogen and oxygen atoms in total. The Morgan fingerprint density at radius 2 is 1.88 bits per heavy atom. The van der Waals surface area contributed by atoms with Gasteiger partial charge in [-0.1, -0.05) is 0 Å². The van der Waals surface area contributed by atoms with Gasteiger partial charge in [-0.15, -0.1) is 0 Å². The number of ether oxygens (including phenoxy) is 1. The predicted octanol–water partition coefficient (Wildman–Crippen LogP) is 1.89. The number of hydrogen-bond donors (Lipinski definition) is 1. The molecular weight excluding hydrogens is 339 g/mol. The minimum absolute atomic E-state index is 0.110. The molecule has 140 valence electrons. The molecule has 1 saturated carbocycles. The summed E-state index contributed by atoms with van der Waals surface area (Å²) in [4.78, 5) is 38.7. The molecule has 7 heteroatoms. The summed E-state index contributed by atoms with van der Waals surface area (Å²) in [5.41, 5.74) is -0.511. The van der Waals surface area contributed by atoms with Crippen LogP contribution in [0.4, 0.5) is 4.39 Å². The highest BCUT2D eigenvalue weighted by Gasteiger charge is 2.53. The van der Waals surface area contributed by atoms with Gasteiger partial charge in [0, 0.05) is 25.1 Å². The summed E-state index contributed by atoms with van der Waals surface area (Å²) in [7, 11) is 1.35. The van der Waals surface area contributed by atoms with Crippen molar-refractivity contribution in [1.29, 1.82) is 0 Å². The van der Waals surface area contributed by atoms with Gasteiger partial charge in [0.1, 0.15) is 11.4 Å². The van der Waals surface area contributed by atoms with Gasteiger partial charge in [-0.05, 0) is 55.9 Å². The fourth-order valence-electron chi connectivity index (χ4n) is 4.01. The molecule has 1 aliphatic carbocycles. The smallest absolute Gasteiger partial charge is 0.331 e. The minimum atomic E-state index is -0.846. The lowest BCUT2D eigenvalue weighted by Gasteiger charge is -2.52. The van der Waals surface area contributed by atoms with Gasteiger partial charge >= 0.3 is 5.97 Å². The zero-order valence-electron chi connectivity index (χ0n) is 14.8. The SMILES string of the molecule is COC(=O)C12CCC(CC1)CN2C(=O)CCNC(=O)c1ccc(F)cc1. The van der Waals surface area contributed by atoms with Crippen molar-refractivity contribution in [1.82, 2.24) is 10.2 Å². The quantitative estimate of drug-likeness (QED) is 0.812. The molecule has 0 spiro atoms. The van der Waals surface area contributed by atoms with Crippen LogP contribution in [-0.4, -0.2) is 48.4 Å². The molecule has 2 aliphatic heterocycles. The van der Waals surface area contributed by atoms with Crippen LogP contribution in [0.25, 0.3) is 0 Å². The molecule has 0 aromatic heterocycles. The Kier molecular flexibility index (Phi) is 5.25. The fraction of sp³-hybridized carbons (Fsp3) is 0.526. The van der Waals surface area contributed by atoms with Crippen LogP contribution >= 0.6 is 0 Å². The molecule has 26 heavy (non-hydrogen) atoms. The first-order chi connectivity index (χ1) is 12.5. The zero-order valence-corrected chi connectivity index (χ0v) is 14.8. The van der Waals surface area contributed by atoms with E-state index in [0.29, 0.717) is 30.9 Å². The van der Waals surface area contributed by atoms with Crippen LogP contribution in [0.3, 0.4) is 0 Å². The monoisotopic (exact) mass is 362 g/mol. The van der Waals surface area contributed by atoms with Gasteiger partial charge < -0.3 is 15.0 Å². The number of nitrogens with one attached hydrogen (secondary N) is 1. The Balaban J connectivity index is 1.58. The van der Waals surface area contributed by atoms with Crippen molar-refractivity contribution >= 4 is 17.8 Å². The molecule has 3 aliphatic rings. The average Bonchev–Trinajstić information content (AvgIpc) is 2.68. The molecule has 2 saturated heterocycles. The summed E-state index contributed by atoms with van der Waals surface area (Å²) in [6, 6.07) is 5.21. The zero-order chi connectivity index (χ0) is 18.7. The molecule has 2 bridgehead atoms.